The fraction of sp³-hybridized carbons (Fsp3) is 0.258. The molecule has 0 amide bonds. The number of carbonyl (C=O) groups is 1. The molecule has 0 saturated heterocycles. The molecule has 2 aromatic carbocycles. The highest BCUT2D eigenvalue weighted by atomic mass is 16.5. The van der Waals surface area contributed by atoms with Gasteiger partial charge < -0.3 is 9.84 Å². The van der Waals surface area contributed by atoms with Crippen LogP contribution in [0.2, 0.25) is 0 Å². The Bertz CT molecular complexity index is 1720. The number of benzene rings is 2. The van der Waals surface area contributed by atoms with E-state index in [1.807, 2.05) is 28.8 Å². The number of hydrogen-bond donors (Lipinski definition) is 1. The molecule has 5 aromatic rings. The molecule has 9 heteroatoms. The summed E-state index contributed by atoms with van der Waals surface area (Å²) in [6.45, 7) is 3.05. The molecule has 0 atom stereocenters. The Morgan fingerprint density at radius 3 is 2.60 bits per heavy atom. The third kappa shape index (κ3) is 4.64. The number of fused-ring (bicyclic) bond motifs is 3. The lowest BCUT2D eigenvalue weighted by Crippen LogP contribution is -2.09. The molecule has 0 spiro atoms. The van der Waals surface area contributed by atoms with Gasteiger partial charge in [-0.1, -0.05) is 37.3 Å². The monoisotopic (exact) mass is 534 g/mol. The molecular formula is C31H30N6O3. The van der Waals surface area contributed by atoms with Crippen LogP contribution in [0.25, 0.3) is 33.6 Å². The van der Waals surface area contributed by atoms with Crippen molar-refractivity contribution in [2.24, 2.45) is 7.05 Å². The molecule has 3 heterocycles. The van der Waals surface area contributed by atoms with Gasteiger partial charge in [0.05, 0.1) is 36.0 Å². The molecule has 0 bridgehead atoms. The number of ether oxygens (including phenoxy) is 1. The van der Waals surface area contributed by atoms with Crippen molar-refractivity contribution in [3.8, 4) is 39.4 Å². The molecule has 202 valence electrons. The van der Waals surface area contributed by atoms with Gasteiger partial charge in [0, 0.05) is 54.7 Å². The van der Waals surface area contributed by atoms with Gasteiger partial charge in [-0.05, 0) is 42.5 Å². The van der Waals surface area contributed by atoms with E-state index in [2.05, 4.69) is 47.5 Å². The molecule has 0 radical (unpaired) electrons. The van der Waals surface area contributed by atoms with Crippen LogP contribution in [0.3, 0.4) is 0 Å². The van der Waals surface area contributed by atoms with E-state index in [4.69, 9.17) is 14.8 Å². The molecule has 6 rings (SSSR count). The summed E-state index contributed by atoms with van der Waals surface area (Å²) in [5.41, 5.74) is 9.39. The number of rotatable bonds is 8. The molecule has 1 aliphatic rings. The van der Waals surface area contributed by atoms with Crippen molar-refractivity contribution >= 4 is 5.97 Å². The van der Waals surface area contributed by atoms with Gasteiger partial charge in [0.1, 0.15) is 11.6 Å². The molecule has 0 unspecified atom stereocenters. The van der Waals surface area contributed by atoms with Gasteiger partial charge in [-0.2, -0.15) is 10.2 Å². The predicted molar refractivity (Wildman–Crippen MR) is 151 cm³/mol. The van der Waals surface area contributed by atoms with Gasteiger partial charge >= 0.3 is 5.97 Å². The van der Waals surface area contributed by atoms with Crippen LogP contribution in [0, 0.1) is 0 Å². The van der Waals surface area contributed by atoms with Crippen molar-refractivity contribution in [2.45, 2.75) is 39.2 Å². The average Bonchev–Trinajstić information content (AvgIpc) is 3.57. The van der Waals surface area contributed by atoms with Crippen molar-refractivity contribution in [1.29, 1.82) is 0 Å². The van der Waals surface area contributed by atoms with Crippen LogP contribution in [0.4, 0.5) is 0 Å². The number of carboxylic acid groups (broad SMARTS) is 1. The zero-order valence-corrected chi connectivity index (χ0v) is 22.8. The highest BCUT2D eigenvalue weighted by Crippen LogP contribution is 2.40. The quantitative estimate of drug-likeness (QED) is 0.291. The molecule has 1 aliphatic carbocycles. The summed E-state index contributed by atoms with van der Waals surface area (Å²) in [4.78, 5) is 21.1. The van der Waals surface area contributed by atoms with Crippen LogP contribution in [-0.2, 0) is 32.9 Å². The van der Waals surface area contributed by atoms with E-state index < -0.39 is 5.97 Å². The molecule has 3 aromatic heterocycles. The first-order valence-corrected chi connectivity index (χ1v) is 13.4. The van der Waals surface area contributed by atoms with Crippen LogP contribution in [0.5, 0.6) is 5.75 Å². The lowest BCUT2D eigenvalue weighted by atomic mass is 9.91. The number of aromatic nitrogens is 6. The normalized spacial score (nSPS) is 12.2. The highest BCUT2D eigenvalue weighted by Gasteiger charge is 2.27. The fourth-order valence-corrected chi connectivity index (χ4v) is 5.39. The van der Waals surface area contributed by atoms with Crippen molar-refractivity contribution in [3.63, 3.8) is 0 Å². The molecule has 0 fully saturated rings. The van der Waals surface area contributed by atoms with E-state index in [9.17, 15) is 9.90 Å². The van der Waals surface area contributed by atoms with Crippen LogP contribution >= 0.6 is 0 Å². The van der Waals surface area contributed by atoms with Crippen LogP contribution in [0.1, 0.15) is 46.3 Å². The summed E-state index contributed by atoms with van der Waals surface area (Å²) >= 11 is 0. The first-order valence-electron chi connectivity index (χ1n) is 13.4. The Labute approximate surface area is 232 Å². The standard InChI is InChI=1S/C31H30N6O3/c1-4-13-37-18-24(17-33-37)19-5-7-20(8-6-19)30-28-25(35-36(30)2)12-11-23-16-32-27(34-29(23)28)15-21-9-10-22(31(38)39)14-26(21)40-3/h5-10,14,16-18H,4,11-13,15H2,1-3H3,(H,38,39). The maximum absolute atomic E-state index is 11.4. The minimum absolute atomic E-state index is 0.178. The molecule has 0 saturated carbocycles. The number of nitrogens with zero attached hydrogens (tertiary/aromatic N) is 6. The maximum Gasteiger partial charge on any atom is 0.335 e. The molecule has 40 heavy (non-hydrogen) atoms. The fourth-order valence-electron chi connectivity index (χ4n) is 5.39. The van der Waals surface area contributed by atoms with Crippen molar-refractivity contribution in [2.75, 3.05) is 7.11 Å². The average molecular weight is 535 g/mol. The molecule has 1 N–H and O–H groups in total. The third-order valence-corrected chi connectivity index (χ3v) is 7.36. The minimum Gasteiger partial charge on any atom is -0.496 e. The Kier molecular flexibility index (Phi) is 6.63. The zero-order chi connectivity index (χ0) is 27.8. The molecule has 9 nitrogen and oxygen atoms in total. The summed E-state index contributed by atoms with van der Waals surface area (Å²) in [5.74, 6) is 0.151. The summed E-state index contributed by atoms with van der Waals surface area (Å²) < 4.78 is 9.40. The third-order valence-electron chi connectivity index (χ3n) is 7.36. The van der Waals surface area contributed by atoms with E-state index in [1.165, 1.54) is 13.2 Å². The minimum atomic E-state index is -0.994. The Morgan fingerprint density at radius 2 is 1.85 bits per heavy atom. The number of hydrogen-bond acceptors (Lipinski definition) is 6. The van der Waals surface area contributed by atoms with Gasteiger partial charge in [-0.15, -0.1) is 0 Å². The van der Waals surface area contributed by atoms with Gasteiger partial charge in [0.25, 0.3) is 0 Å². The zero-order valence-electron chi connectivity index (χ0n) is 22.8. The second kappa shape index (κ2) is 10.4. The van der Waals surface area contributed by atoms with Crippen LogP contribution in [-0.4, -0.2) is 47.7 Å². The van der Waals surface area contributed by atoms with Crippen molar-refractivity contribution in [3.05, 3.63) is 89.3 Å². The highest BCUT2D eigenvalue weighted by molar-refractivity contribution is 5.88. The largest absolute Gasteiger partial charge is 0.496 e. The summed E-state index contributed by atoms with van der Waals surface area (Å²) in [5, 5.41) is 18.7. The van der Waals surface area contributed by atoms with Crippen molar-refractivity contribution < 1.29 is 14.6 Å². The van der Waals surface area contributed by atoms with Gasteiger partial charge in [-0.25, -0.2) is 14.8 Å². The summed E-state index contributed by atoms with van der Waals surface area (Å²) in [6.07, 6.45) is 9.03. The van der Waals surface area contributed by atoms with Gasteiger partial charge in [0.2, 0.25) is 0 Å². The predicted octanol–water partition coefficient (Wildman–Crippen LogP) is 5.21. The number of aromatic carboxylic acids is 1. The first-order chi connectivity index (χ1) is 19.4. The Hall–Kier alpha value is -4.79. The SMILES string of the molecule is CCCn1cc(-c2ccc(-c3c4c(nn3C)CCc3cnc(Cc5ccc(C(=O)O)cc5OC)nc3-4)cc2)cn1. The lowest BCUT2D eigenvalue weighted by molar-refractivity contribution is 0.0696. The van der Waals surface area contributed by atoms with Crippen LogP contribution < -0.4 is 4.74 Å². The van der Waals surface area contributed by atoms with E-state index in [0.29, 0.717) is 18.0 Å². The number of methoxy groups -OCH3 is 1. The topological polar surface area (TPSA) is 108 Å². The Morgan fingerprint density at radius 1 is 1.05 bits per heavy atom. The van der Waals surface area contributed by atoms with Gasteiger partial charge in [-0.3, -0.25) is 9.36 Å². The summed E-state index contributed by atoms with van der Waals surface area (Å²) in [6, 6.07) is 13.4. The van der Waals surface area contributed by atoms with E-state index in [0.717, 1.165) is 76.3 Å². The van der Waals surface area contributed by atoms with E-state index >= 15 is 0 Å². The molecule has 0 aliphatic heterocycles. The van der Waals surface area contributed by atoms with Crippen LogP contribution in [0.15, 0.2) is 61.1 Å². The second-order valence-electron chi connectivity index (χ2n) is 10.0. The van der Waals surface area contributed by atoms with Crippen molar-refractivity contribution in [1.82, 2.24) is 29.5 Å². The lowest BCUT2D eigenvalue weighted by Gasteiger charge is -2.17. The van der Waals surface area contributed by atoms with E-state index in [-0.39, 0.29) is 5.56 Å². The first kappa shape index (κ1) is 25.5. The number of carboxylic acids is 1. The second-order valence-corrected chi connectivity index (χ2v) is 10.0. The molecular weight excluding hydrogens is 504 g/mol. The van der Waals surface area contributed by atoms with Gasteiger partial charge in [0.15, 0.2) is 0 Å². The maximum atomic E-state index is 11.4. The smallest absolute Gasteiger partial charge is 0.335 e. The van der Waals surface area contributed by atoms with E-state index in [1.54, 1.807) is 12.1 Å². The summed E-state index contributed by atoms with van der Waals surface area (Å²) in [7, 11) is 3.52. The Balaban J connectivity index is 1.35. The number of aryl methyl sites for hydroxylation is 4.